The van der Waals surface area contributed by atoms with Gasteiger partial charge >= 0.3 is 0 Å². The second kappa shape index (κ2) is 5.15. The minimum Gasteiger partial charge on any atom is -0.377 e. The third-order valence-electron chi connectivity index (χ3n) is 2.65. The highest BCUT2D eigenvalue weighted by atomic mass is 32.1. The van der Waals surface area contributed by atoms with Crippen LogP contribution in [0.15, 0.2) is 23.7 Å². The second-order valence-corrected chi connectivity index (χ2v) is 4.86. The number of halogens is 1. The lowest BCUT2D eigenvalue weighted by Gasteiger charge is -2.15. The highest BCUT2D eigenvalue weighted by molar-refractivity contribution is 7.09. The number of aryl methyl sites for hydroxylation is 1. The average molecular weight is 261 g/mol. The number of nitrogens with zero attached hydrogens (tertiary/aromatic N) is 2. The Morgan fingerprint density at radius 3 is 2.89 bits per heavy atom. The summed E-state index contributed by atoms with van der Waals surface area (Å²) >= 11 is 1.56. The van der Waals surface area contributed by atoms with E-state index in [2.05, 4.69) is 10.3 Å². The molecule has 0 saturated heterocycles. The minimum absolute atomic E-state index is 0.0371. The maximum Gasteiger partial charge on any atom is 0.124 e. The van der Waals surface area contributed by atoms with Crippen LogP contribution in [0.2, 0.25) is 0 Å². The molecule has 0 aliphatic heterocycles. The molecule has 0 radical (unpaired) electrons. The Bertz CT molecular complexity index is 601. The number of nitriles is 1. The standard InChI is InChI=1S/C13H12FN3S/c1-8-13(18-7-16-8)9(2)17-12-4-3-11(14)5-10(12)6-15/h3-5,7,9,17H,1-2H3. The van der Waals surface area contributed by atoms with Gasteiger partial charge in [-0.2, -0.15) is 5.26 Å². The SMILES string of the molecule is Cc1ncsc1C(C)Nc1ccc(F)cc1C#N. The fourth-order valence-electron chi connectivity index (χ4n) is 1.76. The first-order valence-electron chi connectivity index (χ1n) is 5.48. The molecule has 1 heterocycles. The predicted molar refractivity (Wildman–Crippen MR) is 70.0 cm³/mol. The Hall–Kier alpha value is -1.93. The highest BCUT2D eigenvalue weighted by Crippen LogP contribution is 2.26. The fraction of sp³-hybridized carbons (Fsp3) is 0.231. The van der Waals surface area contributed by atoms with E-state index in [0.717, 1.165) is 10.6 Å². The molecule has 1 aromatic heterocycles. The number of aromatic nitrogens is 1. The van der Waals surface area contributed by atoms with E-state index in [9.17, 15) is 4.39 Å². The maximum absolute atomic E-state index is 13.0. The van der Waals surface area contributed by atoms with E-state index < -0.39 is 5.82 Å². The van der Waals surface area contributed by atoms with Gasteiger partial charge in [-0.3, -0.25) is 0 Å². The van der Waals surface area contributed by atoms with Crippen molar-refractivity contribution >= 4 is 17.0 Å². The lowest BCUT2D eigenvalue weighted by Crippen LogP contribution is -2.07. The number of anilines is 1. The summed E-state index contributed by atoms with van der Waals surface area (Å²) in [6, 6.07) is 6.18. The molecule has 1 N–H and O–H groups in total. The van der Waals surface area contributed by atoms with Crippen molar-refractivity contribution in [3.63, 3.8) is 0 Å². The van der Waals surface area contributed by atoms with Crippen LogP contribution in [0.1, 0.15) is 29.1 Å². The van der Waals surface area contributed by atoms with Gasteiger partial charge < -0.3 is 5.32 Å². The second-order valence-electron chi connectivity index (χ2n) is 3.97. The number of benzene rings is 1. The molecule has 18 heavy (non-hydrogen) atoms. The first-order valence-corrected chi connectivity index (χ1v) is 6.36. The van der Waals surface area contributed by atoms with Gasteiger partial charge in [0.2, 0.25) is 0 Å². The summed E-state index contributed by atoms with van der Waals surface area (Å²) in [5, 5.41) is 12.2. The van der Waals surface area contributed by atoms with Crippen LogP contribution >= 0.6 is 11.3 Å². The minimum atomic E-state index is -0.404. The van der Waals surface area contributed by atoms with Crippen LogP contribution < -0.4 is 5.32 Å². The van der Waals surface area contributed by atoms with Crippen LogP contribution in [0, 0.1) is 24.1 Å². The average Bonchev–Trinajstić information content (AvgIpc) is 2.77. The van der Waals surface area contributed by atoms with E-state index in [-0.39, 0.29) is 6.04 Å². The van der Waals surface area contributed by atoms with Crippen molar-refractivity contribution in [2.24, 2.45) is 0 Å². The molecule has 5 heteroatoms. The fourth-order valence-corrected chi connectivity index (χ4v) is 2.57. The number of nitrogens with one attached hydrogen (secondary N) is 1. The highest BCUT2D eigenvalue weighted by Gasteiger charge is 2.13. The summed E-state index contributed by atoms with van der Waals surface area (Å²) < 4.78 is 13.0. The number of hydrogen-bond donors (Lipinski definition) is 1. The van der Waals surface area contributed by atoms with Gasteiger partial charge in [0, 0.05) is 4.88 Å². The third-order valence-corrected chi connectivity index (χ3v) is 3.76. The Labute approximate surface area is 109 Å². The zero-order chi connectivity index (χ0) is 13.1. The molecule has 0 amide bonds. The zero-order valence-corrected chi connectivity index (χ0v) is 10.9. The van der Waals surface area contributed by atoms with E-state index in [1.807, 2.05) is 19.9 Å². The van der Waals surface area contributed by atoms with Gasteiger partial charge in [-0.25, -0.2) is 9.37 Å². The van der Waals surface area contributed by atoms with Crippen LogP contribution in [0.25, 0.3) is 0 Å². The van der Waals surface area contributed by atoms with Crippen LogP contribution in [-0.2, 0) is 0 Å². The zero-order valence-electron chi connectivity index (χ0n) is 10.1. The largest absolute Gasteiger partial charge is 0.377 e. The van der Waals surface area contributed by atoms with Crippen molar-refractivity contribution in [2.75, 3.05) is 5.32 Å². The lowest BCUT2D eigenvalue weighted by atomic mass is 10.1. The molecule has 3 nitrogen and oxygen atoms in total. The van der Waals surface area contributed by atoms with Crippen LogP contribution in [0.5, 0.6) is 0 Å². The monoisotopic (exact) mass is 261 g/mol. The molecule has 0 spiro atoms. The normalized spacial score (nSPS) is 11.9. The van der Waals surface area contributed by atoms with E-state index in [4.69, 9.17) is 5.26 Å². The molecule has 1 atom stereocenters. The molecule has 0 bridgehead atoms. The first kappa shape index (κ1) is 12.5. The van der Waals surface area contributed by atoms with Crippen LogP contribution in [0.3, 0.4) is 0 Å². The van der Waals surface area contributed by atoms with Gasteiger partial charge in [-0.1, -0.05) is 0 Å². The maximum atomic E-state index is 13.0. The van der Waals surface area contributed by atoms with Gasteiger partial charge in [0.05, 0.1) is 28.5 Å². The van der Waals surface area contributed by atoms with Gasteiger partial charge in [-0.15, -0.1) is 11.3 Å². The summed E-state index contributed by atoms with van der Waals surface area (Å²) in [7, 11) is 0. The van der Waals surface area contributed by atoms with Gasteiger partial charge in [0.15, 0.2) is 0 Å². The predicted octanol–water partition coefficient (Wildman–Crippen LogP) is 3.64. The molecule has 0 aliphatic carbocycles. The molecule has 1 unspecified atom stereocenters. The molecule has 2 aromatic rings. The smallest absolute Gasteiger partial charge is 0.124 e. The Kier molecular flexibility index (Phi) is 3.58. The summed E-state index contributed by atoms with van der Waals surface area (Å²) in [5.41, 5.74) is 3.71. The van der Waals surface area contributed by atoms with Gasteiger partial charge in [0.25, 0.3) is 0 Å². The molecular weight excluding hydrogens is 249 g/mol. The number of rotatable bonds is 3. The Morgan fingerprint density at radius 2 is 2.28 bits per heavy atom. The summed E-state index contributed by atoms with van der Waals surface area (Å²) in [6.45, 7) is 3.94. The number of hydrogen-bond acceptors (Lipinski definition) is 4. The van der Waals surface area contributed by atoms with E-state index in [0.29, 0.717) is 11.3 Å². The van der Waals surface area contributed by atoms with E-state index in [1.165, 1.54) is 12.1 Å². The summed E-state index contributed by atoms with van der Waals surface area (Å²) in [6.07, 6.45) is 0. The molecular formula is C13H12FN3S. The molecule has 1 aromatic carbocycles. The Balaban J connectivity index is 2.25. The molecule has 0 aliphatic rings. The molecule has 0 saturated carbocycles. The van der Waals surface area contributed by atoms with E-state index in [1.54, 1.807) is 22.9 Å². The number of thiazole rings is 1. The first-order chi connectivity index (χ1) is 8.61. The van der Waals surface area contributed by atoms with Crippen molar-refractivity contribution in [1.82, 2.24) is 4.98 Å². The summed E-state index contributed by atoms with van der Waals surface area (Å²) in [4.78, 5) is 5.30. The van der Waals surface area contributed by atoms with Crippen molar-refractivity contribution in [3.8, 4) is 6.07 Å². The van der Waals surface area contributed by atoms with Crippen molar-refractivity contribution < 1.29 is 4.39 Å². The van der Waals surface area contributed by atoms with Gasteiger partial charge in [0.1, 0.15) is 11.9 Å². The third kappa shape index (κ3) is 2.49. The molecule has 0 fully saturated rings. The lowest BCUT2D eigenvalue weighted by molar-refractivity contribution is 0.627. The van der Waals surface area contributed by atoms with Crippen LogP contribution in [-0.4, -0.2) is 4.98 Å². The van der Waals surface area contributed by atoms with Crippen molar-refractivity contribution in [1.29, 1.82) is 5.26 Å². The van der Waals surface area contributed by atoms with Gasteiger partial charge in [-0.05, 0) is 32.0 Å². The van der Waals surface area contributed by atoms with Crippen molar-refractivity contribution in [2.45, 2.75) is 19.9 Å². The molecule has 92 valence electrons. The van der Waals surface area contributed by atoms with E-state index >= 15 is 0 Å². The van der Waals surface area contributed by atoms with Crippen LogP contribution in [0.4, 0.5) is 10.1 Å². The topological polar surface area (TPSA) is 48.7 Å². The Morgan fingerprint density at radius 1 is 1.50 bits per heavy atom. The quantitative estimate of drug-likeness (QED) is 0.917. The molecule has 2 rings (SSSR count). The summed E-state index contributed by atoms with van der Waals surface area (Å²) in [5.74, 6) is -0.404. The van der Waals surface area contributed by atoms with Crippen molar-refractivity contribution in [3.05, 3.63) is 45.7 Å².